The van der Waals surface area contributed by atoms with Crippen molar-refractivity contribution in [2.45, 2.75) is 87.4 Å². The van der Waals surface area contributed by atoms with Crippen molar-refractivity contribution in [3.8, 4) is 0 Å². The van der Waals surface area contributed by atoms with Crippen molar-refractivity contribution >= 4 is 27.3 Å². The van der Waals surface area contributed by atoms with Crippen LogP contribution in [0, 0.1) is 5.92 Å². The number of hydrogen-bond acceptors (Lipinski definition) is 5. The van der Waals surface area contributed by atoms with E-state index in [-0.39, 0.29) is 35.1 Å². The van der Waals surface area contributed by atoms with Gasteiger partial charge in [-0.25, -0.2) is 8.42 Å². The summed E-state index contributed by atoms with van der Waals surface area (Å²) in [6.07, 6.45) is 9.28. The Morgan fingerprint density at radius 2 is 1.89 bits per heavy atom. The molecule has 0 unspecified atom stereocenters. The van der Waals surface area contributed by atoms with Crippen LogP contribution in [0.5, 0.6) is 0 Å². The Morgan fingerprint density at radius 1 is 1.11 bits per heavy atom. The van der Waals surface area contributed by atoms with Gasteiger partial charge in [-0.1, -0.05) is 19.3 Å². The molecule has 7 nitrogen and oxygen atoms in total. The Morgan fingerprint density at radius 3 is 2.57 bits per heavy atom. The Labute approximate surface area is 207 Å². The van der Waals surface area contributed by atoms with E-state index in [0.29, 0.717) is 25.3 Å². The molecule has 1 aromatic carbocycles. The molecule has 2 fully saturated rings. The van der Waals surface area contributed by atoms with Gasteiger partial charge in [0.2, 0.25) is 11.8 Å². The number of sulfone groups is 1. The quantitative estimate of drug-likeness (QED) is 0.535. The van der Waals surface area contributed by atoms with E-state index in [1.807, 2.05) is 11.0 Å². The van der Waals surface area contributed by atoms with Crippen LogP contribution < -0.4 is 4.90 Å². The van der Waals surface area contributed by atoms with Crippen LogP contribution >= 0.6 is 0 Å². The highest BCUT2D eigenvalue weighted by molar-refractivity contribution is 7.92. The lowest BCUT2D eigenvalue weighted by molar-refractivity contribution is -0.135. The summed E-state index contributed by atoms with van der Waals surface area (Å²) in [4.78, 5) is 29.8. The van der Waals surface area contributed by atoms with Crippen molar-refractivity contribution in [2.24, 2.45) is 5.92 Å². The van der Waals surface area contributed by atoms with Gasteiger partial charge in [0.05, 0.1) is 23.0 Å². The van der Waals surface area contributed by atoms with Gasteiger partial charge in [-0.3, -0.25) is 9.59 Å². The van der Waals surface area contributed by atoms with E-state index in [4.69, 9.17) is 4.42 Å². The number of furan rings is 1. The first kappa shape index (κ1) is 24.1. The van der Waals surface area contributed by atoms with Crippen LogP contribution in [0.2, 0.25) is 0 Å². The van der Waals surface area contributed by atoms with Gasteiger partial charge in [0.1, 0.15) is 5.76 Å². The third-order valence-corrected chi connectivity index (χ3v) is 9.84. The molecule has 5 rings (SSSR count). The summed E-state index contributed by atoms with van der Waals surface area (Å²) in [6, 6.07) is 8.83. The molecule has 188 valence electrons. The number of anilines is 1. The van der Waals surface area contributed by atoms with Gasteiger partial charge in [0, 0.05) is 30.6 Å². The minimum Gasteiger partial charge on any atom is -0.467 e. The van der Waals surface area contributed by atoms with E-state index >= 15 is 0 Å². The normalized spacial score (nSPS) is 19.4. The summed E-state index contributed by atoms with van der Waals surface area (Å²) >= 11 is 0. The standard InChI is InChI=1S/C27H34N2O5S/c1-19(16-26(30)29(18-23-8-5-15-34-23)22-6-3-2-4-7-22)35(32,33)24-11-12-25-21(17-24)13-14-28(25)27(31)20-9-10-20/h5,8,11-12,15,17,19-20,22H,2-4,6-7,9-10,13-14,16,18H2,1H3/t19-/m0/s1. The van der Waals surface area contributed by atoms with Crippen LogP contribution in [0.3, 0.4) is 0 Å². The van der Waals surface area contributed by atoms with Crippen LogP contribution in [-0.4, -0.2) is 43.0 Å². The molecule has 0 N–H and O–H groups in total. The summed E-state index contributed by atoms with van der Waals surface area (Å²) in [5.41, 5.74) is 1.71. The molecule has 0 saturated heterocycles. The maximum absolute atomic E-state index is 13.4. The number of benzene rings is 1. The minimum absolute atomic E-state index is 0.0666. The molecule has 2 amide bonds. The number of amides is 2. The summed E-state index contributed by atoms with van der Waals surface area (Å²) in [5.74, 6) is 0.844. The number of carbonyl (C=O) groups is 2. The van der Waals surface area contributed by atoms with Crippen molar-refractivity contribution in [3.05, 3.63) is 47.9 Å². The fourth-order valence-electron chi connectivity index (χ4n) is 5.42. The minimum atomic E-state index is -3.70. The SMILES string of the molecule is C[C@@H](CC(=O)N(Cc1ccco1)C1CCCCC1)S(=O)(=O)c1ccc2c(c1)CCN2C(=O)C1CC1. The van der Waals surface area contributed by atoms with Gasteiger partial charge in [-0.2, -0.15) is 0 Å². The fraction of sp³-hybridized carbons (Fsp3) is 0.556. The molecular weight excluding hydrogens is 464 g/mol. The maximum atomic E-state index is 13.4. The molecule has 8 heteroatoms. The third-order valence-electron chi connectivity index (χ3n) is 7.70. The van der Waals surface area contributed by atoms with Gasteiger partial charge in [-0.15, -0.1) is 0 Å². The lowest BCUT2D eigenvalue weighted by atomic mass is 9.93. The van der Waals surface area contributed by atoms with Crippen LogP contribution in [0.15, 0.2) is 45.9 Å². The van der Waals surface area contributed by atoms with Crippen LogP contribution in [0.4, 0.5) is 5.69 Å². The summed E-state index contributed by atoms with van der Waals surface area (Å²) < 4.78 is 32.4. The highest BCUT2D eigenvalue weighted by atomic mass is 32.2. The van der Waals surface area contributed by atoms with Crippen molar-refractivity contribution in [1.29, 1.82) is 0 Å². The van der Waals surface area contributed by atoms with Crippen molar-refractivity contribution in [1.82, 2.24) is 4.90 Å². The van der Waals surface area contributed by atoms with Crippen LogP contribution in [-0.2, 0) is 32.4 Å². The number of hydrogen-bond donors (Lipinski definition) is 0. The molecule has 1 aromatic heterocycles. The largest absolute Gasteiger partial charge is 0.467 e. The first-order chi connectivity index (χ1) is 16.8. The van der Waals surface area contributed by atoms with E-state index < -0.39 is 15.1 Å². The molecule has 0 spiro atoms. The first-order valence-electron chi connectivity index (χ1n) is 12.8. The highest BCUT2D eigenvalue weighted by Gasteiger charge is 2.37. The molecular formula is C27H34N2O5S. The number of fused-ring (bicyclic) bond motifs is 1. The Balaban J connectivity index is 1.31. The van der Waals surface area contributed by atoms with E-state index in [2.05, 4.69) is 0 Å². The van der Waals surface area contributed by atoms with Gasteiger partial charge < -0.3 is 14.2 Å². The molecule has 1 atom stereocenters. The van der Waals surface area contributed by atoms with E-state index in [1.165, 1.54) is 6.42 Å². The van der Waals surface area contributed by atoms with Crippen LogP contribution in [0.25, 0.3) is 0 Å². The Bertz CT molecular complexity index is 1180. The predicted octanol–water partition coefficient (Wildman–Crippen LogP) is 4.49. The zero-order valence-corrected chi connectivity index (χ0v) is 21.1. The average molecular weight is 499 g/mol. The molecule has 1 aliphatic heterocycles. The monoisotopic (exact) mass is 498 g/mol. The third kappa shape index (κ3) is 5.03. The lowest BCUT2D eigenvalue weighted by Crippen LogP contribution is -2.42. The topological polar surface area (TPSA) is 87.9 Å². The molecule has 3 aliphatic rings. The fourth-order valence-corrected chi connectivity index (χ4v) is 6.81. The first-order valence-corrected chi connectivity index (χ1v) is 14.4. The van der Waals surface area contributed by atoms with Gasteiger partial charge in [0.25, 0.3) is 0 Å². The average Bonchev–Trinajstić information content (AvgIpc) is 3.42. The van der Waals surface area contributed by atoms with Crippen molar-refractivity contribution in [2.75, 3.05) is 11.4 Å². The molecule has 0 radical (unpaired) electrons. The van der Waals surface area contributed by atoms with Crippen molar-refractivity contribution < 1.29 is 22.4 Å². The molecule has 2 heterocycles. The van der Waals surface area contributed by atoms with E-state index in [9.17, 15) is 18.0 Å². The lowest BCUT2D eigenvalue weighted by Gasteiger charge is -2.34. The summed E-state index contributed by atoms with van der Waals surface area (Å²) in [5, 5.41) is -0.846. The summed E-state index contributed by atoms with van der Waals surface area (Å²) in [6.45, 7) is 2.59. The molecule has 2 aliphatic carbocycles. The van der Waals surface area contributed by atoms with Crippen molar-refractivity contribution in [3.63, 3.8) is 0 Å². The zero-order valence-electron chi connectivity index (χ0n) is 20.3. The second-order valence-electron chi connectivity index (χ2n) is 10.3. The van der Waals surface area contributed by atoms with E-state index in [0.717, 1.165) is 49.8 Å². The zero-order chi connectivity index (χ0) is 24.6. The second-order valence-corrected chi connectivity index (χ2v) is 12.6. The molecule has 2 saturated carbocycles. The number of rotatable bonds is 8. The Kier molecular flexibility index (Phi) is 6.75. The summed E-state index contributed by atoms with van der Waals surface area (Å²) in [7, 11) is -3.70. The highest BCUT2D eigenvalue weighted by Crippen LogP contribution is 2.37. The predicted molar refractivity (Wildman–Crippen MR) is 133 cm³/mol. The molecule has 0 bridgehead atoms. The number of carbonyl (C=O) groups excluding carboxylic acids is 2. The smallest absolute Gasteiger partial charge is 0.230 e. The number of nitrogens with zero attached hydrogens (tertiary/aromatic N) is 2. The molecule has 2 aromatic rings. The van der Waals surface area contributed by atoms with Gasteiger partial charge >= 0.3 is 0 Å². The second kappa shape index (κ2) is 9.80. The van der Waals surface area contributed by atoms with Crippen LogP contribution in [0.1, 0.15) is 69.6 Å². The van der Waals surface area contributed by atoms with Gasteiger partial charge in [0.15, 0.2) is 9.84 Å². The molecule has 35 heavy (non-hydrogen) atoms. The van der Waals surface area contributed by atoms with E-state index in [1.54, 1.807) is 42.4 Å². The Hall–Kier alpha value is -2.61. The van der Waals surface area contributed by atoms with Gasteiger partial charge in [-0.05, 0) is 74.9 Å². The maximum Gasteiger partial charge on any atom is 0.230 e.